The zero-order valence-corrected chi connectivity index (χ0v) is 13.7. The van der Waals surface area contributed by atoms with E-state index in [1.165, 1.54) is 25.1 Å². The van der Waals surface area contributed by atoms with E-state index in [1.807, 2.05) is 0 Å². The molecule has 0 radical (unpaired) electrons. The van der Waals surface area contributed by atoms with E-state index in [2.05, 4.69) is 20.7 Å². The Hall–Kier alpha value is -2.87. The van der Waals surface area contributed by atoms with Crippen LogP contribution in [-0.4, -0.2) is 18.5 Å². The van der Waals surface area contributed by atoms with Gasteiger partial charge in [-0.15, -0.1) is 0 Å². The van der Waals surface area contributed by atoms with Crippen LogP contribution in [-0.2, 0) is 4.79 Å². The Morgan fingerprint density at radius 2 is 1.60 bits per heavy atom. The minimum absolute atomic E-state index is 0.0641. The van der Waals surface area contributed by atoms with Crippen LogP contribution in [0.2, 0.25) is 5.02 Å². The van der Waals surface area contributed by atoms with E-state index in [-0.39, 0.29) is 16.7 Å². The van der Waals surface area contributed by atoms with E-state index >= 15 is 0 Å². The van der Waals surface area contributed by atoms with Gasteiger partial charge in [0, 0.05) is 24.0 Å². The maximum Gasteiger partial charge on any atom is 0.387 e. The number of halogens is 3. The lowest BCUT2D eigenvalue weighted by Crippen LogP contribution is -2.19. The number of ether oxygens (including phenoxy) is 1. The number of urea groups is 1. The van der Waals surface area contributed by atoms with E-state index < -0.39 is 12.6 Å². The molecule has 0 bridgehead atoms. The first kappa shape index (κ1) is 18.5. The highest BCUT2D eigenvalue weighted by Crippen LogP contribution is 2.29. The third-order valence-corrected chi connectivity index (χ3v) is 3.14. The Morgan fingerprint density at radius 1 is 1.00 bits per heavy atom. The van der Waals surface area contributed by atoms with Crippen molar-refractivity contribution >= 4 is 40.6 Å². The first-order valence-electron chi connectivity index (χ1n) is 7.03. The number of hydrogen-bond donors (Lipinski definition) is 3. The number of anilines is 3. The van der Waals surface area contributed by atoms with Crippen LogP contribution in [0.15, 0.2) is 42.5 Å². The third-order valence-electron chi connectivity index (χ3n) is 2.85. The molecule has 0 aliphatic rings. The topological polar surface area (TPSA) is 79.5 Å². The van der Waals surface area contributed by atoms with Crippen molar-refractivity contribution in [3.63, 3.8) is 0 Å². The van der Waals surface area contributed by atoms with Crippen LogP contribution in [0.4, 0.5) is 30.6 Å². The van der Waals surface area contributed by atoms with Crippen molar-refractivity contribution in [3.05, 3.63) is 47.5 Å². The number of carbonyl (C=O) groups is 2. The van der Waals surface area contributed by atoms with E-state index in [9.17, 15) is 18.4 Å². The molecular formula is C16H14ClF2N3O3. The second-order valence-electron chi connectivity index (χ2n) is 4.86. The minimum atomic E-state index is -2.99. The van der Waals surface area contributed by atoms with Crippen molar-refractivity contribution in [2.24, 2.45) is 0 Å². The molecule has 25 heavy (non-hydrogen) atoms. The molecule has 0 fully saturated rings. The van der Waals surface area contributed by atoms with Gasteiger partial charge in [0.2, 0.25) is 5.91 Å². The quantitative estimate of drug-likeness (QED) is 0.723. The first-order chi connectivity index (χ1) is 11.8. The molecule has 3 N–H and O–H groups in total. The van der Waals surface area contributed by atoms with Crippen LogP contribution in [0.3, 0.4) is 0 Å². The van der Waals surface area contributed by atoms with Crippen molar-refractivity contribution in [1.29, 1.82) is 0 Å². The third kappa shape index (κ3) is 5.92. The van der Waals surface area contributed by atoms with Gasteiger partial charge in [0.15, 0.2) is 0 Å². The maximum absolute atomic E-state index is 12.2. The Labute approximate surface area is 147 Å². The molecular weight excluding hydrogens is 356 g/mol. The summed E-state index contributed by atoms with van der Waals surface area (Å²) in [5.74, 6) is -0.423. The lowest BCUT2D eigenvalue weighted by molar-refractivity contribution is -0.114. The van der Waals surface area contributed by atoms with Gasteiger partial charge in [0.25, 0.3) is 0 Å². The summed E-state index contributed by atoms with van der Waals surface area (Å²) in [6.45, 7) is -1.62. The van der Waals surface area contributed by atoms with E-state index in [4.69, 9.17) is 11.6 Å². The Bertz CT molecular complexity index is 787. The highest BCUT2D eigenvalue weighted by molar-refractivity contribution is 6.32. The Balaban J connectivity index is 2.00. The zero-order chi connectivity index (χ0) is 18.4. The van der Waals surface area contributed by atoms with Gasteiger partial charge >= 0.3 is 12.6 Å². The van der Waals surface area contributed by atoms with Gasteiger partial charge in [0.1, 0.15) is 5.75 Å². The van der Waals surface area contributed by atoms with E-state index in [0.717, 1.165) is 0 Å². The highest BCUT2D eigenvalue weighted by Gasteiger charge is 2.10. The predicted octanol–water partition coefficient (Wildman–Crippen LogP) is 4.54. The molecule has 6 nitrogen and oxygen atoms in total. The summed E-state index contributed by atoms with van der Waals surface area (Å²) < 4.78 is 28.6. The Kier molecular flexibility index (Phi) is 6.13. The summed E-state index contributed by atoms with van der Waals surface area (Å²) in [4.78, 5) is 23.0. The van der Waals surface area contributed by atoms with Crippen molar-refractivity contribution in [2.45, 2.75) is 13.5 Å². The fourth-order valence-electron chi connectivity index (χ4n) is 1.94. The molecule has 2 rings (SSSR count). The lowest BCUT2D eigenvalue weighted by Gasteiger charge is -2.11. The number of alkyl halides is 2. The fraction of sp³-hybridized carbons (Fsp3) is 0.125. The molecule has 0 atom stereocenters. The second-order valence-corrected chi connectivity index (χ2v) is 5.27. The van der Waals surface area contributed by atoms with Crippen LogP contribution in [0.5, 0.6) is 5.75 Å². The molecule has 0 saturated carbocycles. The summed E-state index contributed by atoms with van der Waals surface area (Å²) in [5, 5.41) is 7.61. The summed E-state index contributed by atoms with van der Waals surface area (Å²) in [5.41, 5.74) is 1.27. The molecule has 132 valence electrons. The summed E-state index contributed by atoms with van der Waals surface area (Å²) in [7, 11) is 0. The molecule has 2 aromatic carbocycles. The largest absolute Gasteiger partial charge is 0.433 e. The average molecular weight is 370 g/mol. The lowest BCUT2D eigenvalue weighted by atomic mass is 10.2. The smallest absolute Gasteiger partial charge is 0.387 e. The number of nitrogens with one attached hydrogen (secondary N) is 3. The number of rotatable bonds is 5. The molecule has 9 heteroatoms. The van der Waals surface area contributed by atoms with Gasteiger partial charge in [-0.25, -0.2) is 4.79 Å². The molecule has 3 amide bonds. The number of carbonyl (C=O) groups excluding carboxylic acids is 2. The van der Waals surface area contributed by atoms with E-state index in [0.29, 0.717) is 17.1 Å². The highest BCUT2D eigenvalue weighted by atomic mass is 35.5. The molecule has 0 aliphatic heterocycles. The van der Waals surface area contributed by atoms with Crippen molar-refractivity contribution in [1.82, 2.24) is 0 Å². The van der Waals surface area contributed by atoms with Crippen molar-refractivity contribution in [3.8, 4) is 5.75 Å². The first-order valence-corrected chi connectivity index (χ1v) is 7.41. The fourth-order valence-corrected chi connectivity index (χ4v) is 2.17. The van der Waals surface area contributed by atoms with Crippen molar-refractivity contribution < 1.29 is 23.1 Å². The maximum atomic E-state index is 12.2. The summed E-state index contributed by atoms with van der Waals surface area (Å²) >= 11 is 5.82. The van der Waals surface area contributed by atoms with Gasteiger partial charge in [-0.2, -0.15) is 8.78 Å². The van der Waals surface area contributed by atoms with Crippen LogP contribution >= 0.6 is 11.6 Å². The average Bonchev–Trinajstić information content (AvgIpc) is 2.49. The van der Waals surface area contributed by atoms with Crippen LogP contribution < -0.4 is 20.7 Å². The van der Waals surface area contributed by atoms with Crippen LogP contribution in [0.25, 0.3) is 0 Å². The monoisotopic (exact) mass is 369 g/mol. The standard InChI is InChI=1S/C16H14ClF2N3O3/c1-9(23)20-10-3-2-4-11(7-10)21-16(24)22-12-5-6-14(13(17)8-12)25-15(18)19/h2-8,15H,1H3,(H,20,23)(H2,21,22,24). The summed E-state index contributed by atoms with van der Waals surface area (Å²) in [6, 6.07) is 9.86. The van der Waals surface area contributed by atoms with Crippen LogP contribution in [0.1, 0.15) is 6.92 Å². The Morgan fingerprint density at radius 3 is 2.16 bits per heavy atom. The van der Waals surface area contributed by atoms with E-state index in [1.54, 1.807) is 24.3 Å². The van der Waals surface area contributed by atoms with Gasteiger partial charge < -0.3 is 20.7 Å². The molecule has 0 aliphatic carbocycles. The molecule has 0 unspecified atom stereocenters. The zero-order valence-electron chi connectivity index (χ0n) is 13.0. The van der Waals surface area contributed by atoms with Gasteiger partial charge in [-0.05, 0) is 36.4 Å². The molecule has 2 aromatic rings. The molecule has 0 spiro atoms. The molecule has 0 saturated heterocycles. The van der Waals surface area contributed by atoms with Crippen LogP contribution in [0, 0.1) is 0 Å². The van der Waals surface area contributed by atoms with Gasteiger partial charge in [-0.1, -0.05) is 17.7 Å². The predicted molar refractivity (Wildman–Crippen MR) is 91.5 cm³/mol. The summed E-state index contributed by atoms with van der Waals surface area (Å²) in [6.07, 6.45) is 0. The number of hydrogen-bond acceptors (Lipinski definition) is 3. The second kappa shape index (κ2) is 8.29. The number of amides is 3. The SMILES string of the molecule is CC(=O)Nc1cccc(NC(=O)Nc2ccc(OC(F)F)c(Cl)c2)c1. The van der Waals surface area contributed by atoms with Gasteiger partial charge in [-0.3, -0.25) is 4.79 Å². The molecule has 0 aromatic heterocycles. The number of benzene rings is 2. The van der Waals surface area contributed by atoms with Gasteiger partial charge in [0.05, 0.1) is 5.02 Å². The minimum Gasteiger partial charge on any atom is -0.433 e. The molecule has 0 heterocycles. The van der Waals surface area contributed by atoms with Crippen molar-refractivity contribution in [2.75, 3.05) is 16.0 Å². The normalized spacial score (nSPS) is 10.3.